The van der Waals surface area contributed by atoms with Crippen molar-refractivity contribution in [1.29, 1.82) is 0 Å². The largest absolute Gasteiger partial charge is 0.438 e. The first-order valence-electron chi connectivity index (χ1n) is 9.59. The SMILES string of the molecule is CC(C)(C)NS(=O)(=O)c1ccc(C(=O)N[C@@H]2C[C@H]3C[C@H]2[C@@H]2CCC[C@@H]32)o1. The lowest BCUT2D eigenvalue weighted by Gasteiger charge is -2.31. The molecule has 6 nitrogen and oxygen atoms in total. The summed E-state index contributed by atoms with van der Waals surface area (Å²) in [6, 6.07) is 2.99. The van der Waals surface area contributed by atoms with Gasteiger partial charge in [-0.15, -0.1) is 0 Å². The van der Waals surface area contributed by atoms with E-state index in [9.17, 15) is 13.2 Å². The lowest BCUT2D eigenvalue weighted by molar-refractivity contribution is 0.0867. The molecule has 3 aliphatic rings. The Morgan fingerprint density at radius 3 is 2.58 bits per heavy atom. The number of furan rings is 1. The summed E-state index contributed by atoms with van der Waals surface area (Å²) >= 11 is 0. The van der Waals surface area contributed by atoms with E-state index < -0.39 is 15.6 Å². The van der Waals surface area contributed by atoms with Gasteiger partial charge in [-0.3, -0.25) is 4.79 Å². The van der Waals surface area contributed by atoms with Crippen LogP contribution in [-0.4, -0.2) is 25.9 Å². The highest BCUT2D eigenvalue weighted by Crippen LogP contribution is 2.58. The Kier molecular flexibility index (Phi) is 4.23. The van der Waals surface area contributed by atoms with Crippen molar-refractivity contribution in [3.63, 3.8) is 0 Å². The van der Waals surface area contributed by atoms with Crippen LogP contribution in [0.3, 0.4) is 0 Å². The van der Waals surface area contributed by atoms with E-state index in [0.717, 1.165) is 24.2 Å². The van der Waals surface area contributed by atoms with E-state index in [-0.39, 0.29) is 22.8 Å². The standard InChI is InChI=1S/C19H28N2O4S/c1-19(2,3)21-26(23,24)17-8-7-16(25-17)18(22)20-15-10-11-9-14(15)13-6-4-5-12(11)13/h7-8,11-15,21H,4-6,9-10H2,1-3H3,(H,20,22)/t11-,12+,13-,14+,15-/m1/s1. The molecule has 1 amide bonds. The zero-order chi connectivity index (χ0) is 18.7. The Morgan fingerprint density at radius 1 is 1.12 bits per heavy atom. The van der Waals surface area contributed by atoms with Gasteiger partial charge >= 0.3 is 0 Å². The van der Waals surface area contributed by atoms with Gasteiger partial charge in [-0.05, 0) is 82.3 Å². The lowest BCUT2D eigenvalue weighted by Crippen LogP contribution is -2.42. The van der Waals surface area contributed by atoms with E-state index in [1.165, 1.54) is 37.8 Å². The maximum Gasteiger partial charge on any atom is 0.287 e. The zero-order valence-corrected chi connectivity index (χ0v) is 16.4. The molecule has 1 aromatic heterocycles. The summed E-state index contributed by atoms with van der Waals surface area (Å²) < 4.78 is 32.5. The van der Waals surface area contributed by atoms with Crippen LogP contribution in [0.25, 0.3) is 0 Å². The van der Waals surface area contributed by atoms with Gasteiger partial charge in [0.2, 0.25) is 5.09 Å². The zero-order valence-electron chi connectivity index (χ0n) is 15.6. The topological polar surface area (TPSA) is 88.4 Å². The van der Waals surface area contributed by atoms with Crippen molar-refractivity contribution < 1.29 is 17.6 Å². The second kappa shape index (κ2) is 6.09. The molecule has 0 aromatic carbocycles. The van der Waals surface area contributed by atoms with Crippen molar-refractivity contribution in [3.05, 3.63) is 17.9 Å². The normalized spacial score (nSPS) is 33.4. The highest BCUT2D eigenvalue weighted by atomic mass is 32.2. The van der Waals surface area contributed by atoms with Crippen molar-refractivity contribution in [2.45, 2.75) is 69.5 Å². The molecular formula is C19H28N2O4S. The fraction of sp³-hybridized carbons (Fsp3) is 0.737. The van der Waals surface area contributed by atoms with Crippen LogP contribution >= 0.6 is 0 Å². The molecule has 0 aliphatic heterocycles. The second-order valence-electron chi connectivity index (χ2n) is 9.21. The number of rotatable bonds is 4. The number of carbonyl (C=O) groups is 1. The van der Waals surface area contributed by atoms with Crippen LogP contribution in [0.1, 0.15) is 63.4 Å². The Labute approximate surface area is 155 Å². The molecule has 26 heavy (non-hydrogen) atoms. The number of nitrogens with one attached hydrogen (secondary N) is 2. The fourth-order valence-electron chi connectivity index (χ4n) is 5.51. The Morgan fingerprint density at radius 2 is 1.85 bits per heavy atom. The summed E-state index contributed by atoms with van der Waals surface area (Å²) in [5, 5.41) is 2.88. The van der Waals surface area contributed by atoms with Crippen molar-refractivity contribution in [2.75, 3.05) is 0 Å². The van der Waals surface area contributed by atoms with Gasteiger partial charge in [0.1, 0.15) is 0 Å². The smallest absolute Gasteiger partial charge is 0.287 e. The maximum atomic E-state index is 12.6. The summed E-state index contributed by atoms with van der Waals surface area (Å²) in [6.45, 7) is 5.27. The number of fused-ring (bicyclic) bond motifs is 5. The molecule has 144 valence electrons. The minimum Gasteiger partial charge on any atom is -0.438 e. The number of hydrogen-bond acceptors (Lipinski definition) is 4. The van der Waals surface area contributed by atoms with Crippen LogP contribution < -0.4 is 10.0 Å². The Bertz CT molecular complexity index is 808. The van der Waals surface area contributed by atoms with Crippen molar-refractivity contribution >= 4 is 15.9 Å². The van der Waals surface area contributed by atoms with Crippen molar-refractivity contribution in [3.8, 4) is 0 Å². The Balaban J connectivity index is 1.43. The van der Waals surface area contributed by atoms with Crippen LogP contribution in [-0.2, 0) is 10.0 Å². The van der Waals surface area contributed by atoms with E-state index in [4.69, 9.17) is 4.42 Å². The van der Waals surface area contributed by atoms with E-state index >= 15 is 0 Å². The summed E-state index contributed by atoms with van der Waals surface area (Å²) in [4.78, 5) is 12.6. The van der Waals surface area contributed by atoms with E-state index in [2.05, 4.69) is 10.0 Å². The number of sulfonamides is 1. The number of carbonyl (C=O) groups excluding carboxylic acids is 1. The van der Waals surface area contributed by atoms with E-state index in [1.54, 1.807) is 20.8 Å². The lowest BCUT2D eigenvalue weighted by atomic mass is 9.79. The highest BCUT2D eigenvalue weighted by molar-refractivity contribution is 7.89. The molecule has 7 heteroatoms. The molecule has 0 spiro atoms. The first kappa shape index (κ1) is 18.0. The Hall–Kier alpha value is -1.34. The minimum atomic E-state index is -3.77. The van der Waals surface area contributed by atoms with Gasteiger partial charge in [-0.1, -0.05) is 6.42 Å². The first-order chi connectivity index (χ1) is 12.1. The maximum absolute atomic E-state index is 12.6. The fourth-order valence-corrected chi connectivity index (χ4v) is 6.87. The molecule has 3 fully saturated rings. The van der Waals surface area contributed by atoms with Gasteiger partial charge < -0.3 is 9.73 Å². The summed E-state index contributed by atoms with van der Waals surface area (Å²) in [6.07, 6.45) is 6.25. The molecular weight excluding hydrogens is 352 g/mol. The molecule has 1 aromatic rings. The molecule has 5 atom stereocenters. The average Bonchev–Trinajstić information content (AvgIpc) is 3.26. The number of amides is 1. The van der Waals surface area contributed by atoms with Crippen LogP contribution in [0.4, 0.5) is 0 Å². The number of hydrogen-bond donors (Lipinski definition) is 2. The summed E-state index contributed by atoms with van der Waals surface area (Å²) in [5.41, 5.74) is -0.616. The van der Waals surface area contributed by atoms with E-state index in [1.807, 2.05) is 0 Å². The van der Waals surface area contributed by atoms with Crippen molar-refractivity contribution in [2.24, 2.45) is 23.7 Å². The molecule has 3 aliphatic carbocycles. The van der Waals surface area contributed by atoms with Gasteiger partial charge in [-0.2, -0.15) is 0 Å². The monoisotopic (exact) mass is 380 g/mol. The molecule has 0 unspecified atom stereocenters. The first-order valence-corrected chi connectivity index (χ1v) is 11.1. The van der Waals surface area contributed by atoms with Crippen molar-refractivity contribution in [1.82, 2.24) is 10.0 Å². The van der Waals surface area contributed by atoms with Crippen LogP contribution in [0.5, 0.6) is 0 Å². The highest BCUT2D eigenvalue weighted by Gasteiger charge is 2.54. The molecule has 2 bridgehead atoms. The van der Waals surface area contributed by atoms with Gasteiger partial charge in [-0.25, -0.2) is 13.1 Å². The molecule has 1 heterocycles. The van der Waals surface area contributed by atoms with Crippen LogP contribution in [0.2, 0.25) is 0 Å². The quantitative estimate of drug-likeness (QED) is 0.841. The molecule has 0 saturated heterocycles. The third-order valence-electron chi connectivity index (χ3n) is 6.26. The summed E-state index contributed by atoms with van der Waals surface area (Å²) in [7, 11) is -3.77. The molecule has 2 N–H and O–H groups in total. The molecule has 4 rings (SSSR count). The summed E-state index contributed by atoms with van der Waals surface area (Å²) in [5.74, 6) is 2.72. The van der Waals surface area contributed by atoms with Crippen LogP contribution in [0, 0.1) is 23.7 Å². The van der Waals surface area contributed by atoms with Gasteiger partial charge in [0.25, 0.3) is 15.9 Å². The molecule has 0 radical (unpaired) electrons. The third kappa shape index (κ3) is 3.20. The van der Waals surface area contributed by atoms with E-state index in [0.29, 0.717) is 5.92 Å². The van der Waals surface area contributed by atoms with Crippen LogP contribution in [0.15, 0.2) is 21.6 Å². The molecule has 3 saturated carbocycles. The average molecular weight is 381 g/mol. The third-order valence-corrected chi connectivity index (χ3v) is 7.89. The van der Waals surface area contributed by atoms with Gasteiger partial charge in [0.15, 0.2) is 5.76 Å². The predicted octanol–water partition coefficient (Wildman–Crippen LogP) is 2.91. The minimum absolute atomic E-state index is 0.0602. The van der Waals surface area contributed by atoms with Gasteiger partial charge in [0.05, 0.1) is 0 Å². The predicted molar refractivity (Wildman–Crippen MR) is 97.1 cm³/mol. The van der Waals surface area contributed by atoms with Gasteiger partial charge in [0, 0.05) is 11.6 Å². The second-order valence-corrected chi connectivity index (χ2v) is 10.8.